The number of nitrogens with zero attached hydrogens (tertiary/aromatic N) is 3. The molecule has 0 aliphatic rings. The molecule has 5 nitrogen and oxygen atoms in total. The van der Waals surface area contributed by atoms with Crippen LogP contribution < -0.4 is 5.32 Å². The maximum atomic E-state index is 11.5. The summed E-state index contributed by atoms with van der Waals surface area (Å²) in [4.78, 5) is 12.9. The van der Waals surface area contributed by atoms with Crippen molar-refractivity contribution in [2.24, 2.45) is 12.5 Å². The maximum Gasteiger partial charge on any atom is 0.230 e. The minimum atomic E-state index is -0.405. The van der Waals surface area contributed by atoms with E-state index in [-0.39, 0.29) is 5.91 Å². The van der Waals surface area contributed by atoms with Gasteiger partial charge < -0.3 is 5.32 Å². The standard InChI is InChI=1S/C8H14N4O/c1-8(2,3)7(13)10-6-5-9-12(4)11-6/h5H,1-4H3,(H,10,11,13). The van der Waals surface area contributed by atoms with Gasteiger partial charge in [0.1, 0.15) is 0 Å². The summed E-state index contributed by atoms with van der Waals surface area (Å²) in [5.41, 5.74) is -0.405. The van der Waals surface area contributed by atoms with Crippen molar-refractivity contribution in [2.45, 2.75) is 20.8 Å². The summed E-state index contributed by atoms with van der Waals surface area (Å²) in [5, 5.41) is 10.4. The molecule has 1 heterocycles. The van der Waals surface area contributed by atoms with Gasteiger partial charge >= 0.3 is 0 Å². The number of carbonyl (C=O) groups is 1. The summed E-state index contributed by atoms with van der Waals surface area (Å²) >= 11 is 0. The molecular formula is C8H14N4O. The Bertz CT molecular complexity index is 310. The van der Waals surface area contributed by atoms with Crippen molar-refractivity contribution in [1.29, 1.82) is 0 Å². The van der Waals surface area contributed by atoms with Gasteiger partial charge in [0.25, 0.3) is 0 Å². The second-order valence-corrected chi connectivity index (χ2v) is 3.92. The summed E-state index contributed by atoms with van der Waals surface area (Å²) in [6.45, 7) is 5.54. The number of aromatic nitrogens is 3. The topological polar surface area (TPSA) is 59.8 Å². The molecule has 0 unspecified atom stereocenters. The van der Waals surface area contributed by atoms with Gasteiger partial charge in [0.2, 0.25) is 5.91 Å². The predicted molar refractivity (Wildman–Crippen MR) is 49.1 cm³/mol. The zero-order valence-electron chi connectivity index (χ0n) is 8.33. The molecule has 72 valence electrons. The molecule has 13 heavy (non-hydrogen) atoms. The Morgan fingerprint density at radius 3 is 2.54 bits per heavy atom. The van der Waals surface area contributed by atoms with Crippen molar-refractivity contribution < 1.29 is 4.79 Å². The lowest BCUT2D eigenvalue weighted by Crippen LogP contribution is -2.27. The van der Waals surface area contributed by atoms with E-state index in [1.807, 2.05) is 20.8 Å². The number of amides is 1. The lowest BCUT2D eigenvalue weighted by Gasteiger charge is -2.15. The Labute approximate surface area is 77.1 Å². The zero-order valence-corrected chi connectivity index (χ0v) is 8.33. The molecule has 1 aromatic heterocycles. The maximum absolute atomic E-state index is 11.5. The molecule has 1 aromatic rings. The molecule has 0 aliphatic heterocycles. The molecule has 1 N–H and O–H groups in total. The largest absolute Gasteiger partial charge is 0.307 e. The van der Waals surface area contributed by atoms with Gasteiger partial charge in [-0.05, 0) is 0 Å². The minimum Gasteiger partial charge on any atom is -0.307 e. The van der Waals surface area contributed by atoms with E-state index in [4.69, 9.17) is 0 Å². The highest BCUT2D eigenvalue weighted by Gasteiger charge is 2.21. The van der Waals surface area contributed by atoms with E-state index < -0.39 is 5.41 Å². The van der Waals surface area contributed by atoms with Crippen LogP contribution in [0.5, 0.6) is 0 Å². The van der Waals surface area contributed by atoms with E-state index >= 15 is 0 Å². The molecule has 0 radical (unpaired) electrons. The van der Waals surface area contributed by atoms with Crippen molar-refractivity contribution in [3.63, 3.8) is 0 Å². The third kappa shape index (κ3) is 2.54. The fourth-order valence-electron chi connectivity index (χ4n) is 0.707. The normalized spacial score (nSPS) is 11.4. The summed E-state index contributed by atoms with van der Waals surface area (Å²) in [6, 6.07) is 0. The Hall–Kier alpha value is -1.39. The molecule has 0 fully saturated rings. The number of rotatable bonds is 1. The van der Waals surface area contributed by atoms with Gasteiger partial charge in [0.15, 0.2) is 5.82 Å². The van der Waals surface area contributed by atoms with Crippen LogP contribution in [-0.2, 0) is 11.8 Å². The molecule has 1 rings (SSSR count). The van der Waals surface area contributed by atoms with E-state index in [0.29, 0.717) is 5.82 Å². The lowest BCUT2D eigenvalue weighted by molar-refractivity contribution is -0.123. The number of aryl methyl sites for hydroxylation is 1. The van der Waals surface area contributed by atoms with Gasteiger partial charge in [-0.1, -0.05) is 20.8 Å². The molecule has 0 bridgehead atoms. The molecular weight excluding hydrogens is 168 g/mol. The Balaban J connectivity index is 2.65. The van der Waals surface area contributed by atoms with E-state index in [2.05, 4.69) is 15.5 Å². The fraction of sp³-hybridized carbons (Fsp3) is 0.625. The molecule has 0 saturated heterocycles. The monoisotopic (exact) mass is 182 g/mol. The van der Waals surface area contributed by atoms with Gasteiger partial charge in [-0.2, -0.15) is 9.90 Å². The highest BCUT2D eigenvalue weighted by molar-refractivity contribution is 5.93. The van der Waals surface area contributed by atoms with Gasteiger partial charge in [0.05, 0.1) is 6.20 Å². The number of carbonyl (C=O) groups excluding carboxylic acids is 1. The SMILES string of the molecule is Cn1ncc(NC(=O)C(C)(C)C)n1. The second-order valence-electron chi connectivity index (χ2n) is 3.92. The first-order valence-corrected chi connectivity index (χ1v) is 4.07. The van der Waals surface area contributed by atoms with E-state index in [9.17, 15) is 4.79 Å². The first-order valence-electron chi connectivity index (χ1n) is 4.07. The van der Waals surface area contributed by atoms with Crippen LogP contribution in [0.2, 0.25) is 0 Å². The van der Waals surface area contributed by atoms with E-state index in [1.165, 1.54) is 11.0 Å². The third-order valence-corrected chi connectivity index (χ3v) is 1.52. The number of nitrogens with one attached hydrogen (secondary N) is 1. The van der Waals surface area contributed by atoms with Crippen molar-refractivity contribution in [3.8, 4) is 0 Å². The average Bonchev–Trinajstić information content (AvgIpc) is 2.33. The number of hydrogen-bond donors (Lipinski definition) is 1. The van der Waals surface area contributed by atoms with Crippen LogP contribution >= 0.6 is 0 Å². The Morgan fingerprint density at radius 1 is 1.54 bits per heavy atom. The smallest absolute Gasteiger partial charge is 0.230 e. The van der Waals surface area contributed by atoms with Crippen LogP contribution in [0.4, 0.5) is 5.82 Å². The lowest BCUT2D eigenvalue weighted by atomic mass is 9.96. The van der Waals surface area contributed by atoms with Crippen LogP contribution in [-0.4, -0.2) is 20.9 Å². The van der Waals surface area contributed by atoms with Gasteiger partial charge in [-0.3, -0.25) is 4.79 Å². The summed E-state index contributed by atoms with van der Waals surface area (Å²) in [6.07, 6.45) is 1.52. The molecule has 0 spiro atoms. The Kier molecular flexibility index (Phi) is 2.36. The van der Waals surface area contributed by atoms with E-state index in [0.717, 1.165) is 0 Å². The van der Waals surface area contributed by atoms with Crippen LogP contribution in [0, 0.1) is 5.41 Å². The van der Waals surface area contributed by atoms with Crippen molar-refractivity contribution in [3.05, 3.63) is 6.20 Å². The van der Waals surface area contributed by atoms with Gasteiger partial charge in [-0.25, -0.2) is 0 Å². The van der Waals surface area contributed by atoms with Crippen LogP contribution in [0.25, 0.3) is 0 Å². The Morgan fingerprint density at radius 2 is 2.15 bits per heavy atom. The van der Waals surface area contributed by atoms with Crippen molar-refractivity contribution in [2.75, 3.05) is 5.32 Å². The molecule has 0 saturated carbocycles. The van der Waals surface area contributed by atoms with E-state index in [1.54, 1.807) is 7.05 Å². The summed E-state index contributed by atoms with van der Waals surface area (Å²) in [5.74, 6) is 0.426. The zero-order chi connectivity index (χ0) is 10.1. The molecule has 0 atom stereocenters. The second kappa shape index (κ2) is 3.16. The number of hydrogen-bond acceptors (Lipinski definition) is 3. The number of anilines is 1. The van der Waals surface area contributed by atoms with Crippen LogP contribution in [0.15, 0.2) is 6.20 Å². The first-order chi connectivity index (χ1) is 5.89. The van der Waals surface area contributed by atoms with Crippen LogP contribution in [0.3, 0.4) is 0 Å². The molecule has 1 amide bonds. The predicted octanol–water partition coefficient (Wildman–Crippen LogP) is 0.800. The average molecular weight is 182 g/mol. The third-order valence-electron chi connectivity index (χ3n) is 1.52. The highest BCUT2D eigenvalue weighted by Crippen LogP contribution is 2.15. The summed E-state index contributed by atoms with van der Waals surface area (Å²) in [7, 11) is 1.70. The molecule has 0 aromatic carbocycles. The quantitative estimate of drug-likeness (QED) is 0.698. The fourth-order valence-corrected chi connectivity index (χ4v) is 0.707. The molecule has 5 heteroatoms. The van der Waals surface area contributed by atoms with Gasteiger partial charge in [0, 0.05) is 12.5 Å². The summed E-state index contributed by atoms with van der Waals surface area (Å²) < 4.78 is 0. The highest BCUT2D eigenvalue weighted by atomic mass is 16.2. The first kappa shape index (κ1) is 9.70. The minimum absolute atomic E-state index is 0.0620. The molecule has 0 aliphatic carbocycles. The van der Waals surface area contributed by atoms with Gasteiger partial charge in [-0.15, -0.1) is 5.10 Å². The van der Waals surface area contributed by atoms with Crippen molar-refractivity contribution >= 4 is 11.7 Å². The van der Waals surface area contributed by atoms with Crippen molar-refractivity contribution in [1.82, 2.24) is 15.0 Å². The van der Waals surface area contributed by atoms with Crippen LogP contribution in [0.1, 0.15) is 20.8 Å².